The Kier molecular flexibility index (Phi) is 2.45. The van der Waals surface area contributed by atoms with E-state index in [0.29, 0.717) is 10.7 Å². The summed E-state index contributed by atoms with van der Waals surface area (Å²) in [7, 11) is 0. The van der Waals surface area contributed by atoms with Crippen molar-refractivity contribution >= 4 is 17.3 Å². The van der Waals surface area contributed by atoms with Gasteiger partial charge in [-0.25, -0.2) is 0 Å². The van der Waals surface area contributed by atoms with Crippen LogP contribution >= 0.6 is 11.6 Å². The number of hydrogen-bond donors (Lipinski definition) is 1. The molecule has 1 aliphatic heterocycles. The summed E-state index contributed by atoms with van der Waals surface area (Å²) in [5.41, 5.74) is 9.81. The van der Waals surface area contributed by atoms with Crippen molar-refractivity contribution in [1.29, 1.82) is 0 Å². The van der Waals surface area contributed by atoms with Crippen LogP contribution in [0.2, 0.25) is 5.02 Å². The molecule has 0 aliphatic carbocycles. The van der Waals surface area contributed by atoms with Gasteiger partial charge in [-0.15, -0.1) is 0 Å². The maximum Gasteiger partial charge on any atom is 0.122 e. The SMILES string of the molecule is Nc1ccc(-c2ccc3c(c2)CCO3)cc1Cl. The van der Waals surface area contributed by atoms with Crippen molar-refractivity contribution in [2.75, 3.05) is 12.3 Å². The van der Waals surface area contributed by atoms with Gasteiger partial charge in [-0.1, -0.05) is 23.7 Å². The summed E-state index contributed by atoms with van der Waals surface area (Å²) in [6.45, 7) is 0.779. The van der Waals surface area contributed by atoms with Crippen molar-refractivity contribution in [3.63, 3.8) is 0 Å². The minimum Gasteiger partial charge on any atom is -0.493 e. The summed E-state index contributed by atoms with van der Waals surface area (Å²) < 4.78 is 5.49. The van der Waals surface area contributed by atoms with E-state index in [1.54, 1.807) is 0 Å². The first-order valence-corrected chi connectivity index (χ1v) is 5.93. The van der Waals surface area contributed by atoms with Gasteiger partial charge in [0.1, 0.15) is 5.75 Å². The number of halogens is 1. The Morgan fingerprint density at radius 1 is 1.06 bits per heavy atom. The Labute approximate surface area is 105 Å². The molecule has 3 heteroatoms. The van der Waals surface area contributed by atoms with Crippen LogP contribution in [-0.4, -0.2) is 6.61 Å². The third-order valence-corrected chi connectivity index (χ3v) is 3.35. The predicted octanol–water partition coefficient (Wildman–Crippen LogP) is 3.52. The van der Waals surface area contributed by atoms with E-state index in [9.17, 15) is 0 Å². The summed E-state index contributed by atoms with van der Waals surface area (Å²) in [6.07, 6.45) is 0.978. The fraction of sp³-hybridized carbons (Fsp3) is 0.143. The van der Waals surface area contributed by atoms with Crippen LogP contribution in [0.4, 0.5) is 5.69 Å². The lowest BCUT2D eigenvalue weighted by Gasteiger charge is -2.06. The minimum atomic E-state index is 0.597. The smallest absolute Gasteiger partial charge is 0.122 e. The fourth-order valence-corrected chi connectivity index (χ4v) is 2.25. The van der Waals surface area contributed by atoms with Crippen molar-refractivity contribution in [3.05, 3.63) is 47.0 Å². The van der Waals surface area contributed by atoms with Crippen LogP contribution in [-0.2, 0) is 6.42 Å². The summed E-state index contributed by atoms with van der Waals surface area (Å²) in [4.78, 5) is 0. The molecule has 1 heterocycles. The highest BCUT2D eigenvalue weighted by atomic mass is 35.5. The molecule has 0 bridgehead atoms. The molecule has 2 N–H and O–H groups in total. The molecule has 0 saturated heterocycles. The average Bonchev–Trinajstić information content (AvgIpc) is 2.79. The zero-order valence-electron chi connectivity index (χ0n) is 9.24. The van der Waals surface area contributed by atoms with Gasteiger partial charge >= 0.3 is 0 Å². The number of rotatable bonds is 1. The van der Waals surface area contributed by atoms with Gasteiger partial charge in [0.2, 0.25) is 0 Å². The zero-order valence-corrected chi connectivity index (χ0v) is 10.00. The highest BCUT2D eigenvalue weighted by molar-refractivity contribution is 6.33. The second kappa shape index (κ2) is 3.97. The van der Waals surface area contributed by atoms with Crippen LogP contribution in [0.15, 0.2) is 36.4 Å². The molecule has 2 aromatic carbocycles. The van der Waals surface area contributed by atoms with Gasteiger partial charge in [0.15, 0.2) is 0 Å². The molecule has 1 aliphatic rings. The molecule has 0 spiro atoms. The molecule has 0 saturated carbocycles. The molecule has 0 unspecified atom stereocenters. The number of hydrogen-bond acceptors (Lipinski definition) is 2. The van der Waals surface area contributed by atoms with Gasteiger partial charge in [-0.2, -0.15) is 0 Å². The quantitative estimate of drug-likeness (QED) is 0.781. The van der Waals surface area contributed by atoms with Gasteiger partial charge in [0.25, 0.3) is 0 Å². The Bertz CT molecular complexity index is 580. The summed E-state index contributed by atoms with van der Waals surface area (Å²) >= 11 is 6.03. The van der Waals surface area contributed by atoms with E-state index in [4.69, 9.17) is 22.1 Å². The normalized spacial score (nSPS) is 13.2. The van der Waals surface area contributed by atoms with E-state index in [1.165, 1.54) is 5.56 Å². The van der Waals surface area contributed by atoms with E-state index < -0.39 is 0 Å². The van der Waals surface area contributed by atoms with Crippen molar-refractivity contribution < 1.29 is 4.74 Å². The largest absolute Gasteiger partial charge is 0.493 e. The Hall–Kier alpha value is -1.67. The molecular formula is C14H12ClNO. The topological polar surface area (TPSA) is 35.2 Å². The number of ether oxygens (including phenoxy) is 1. The summed E-state index contributed by atoms with van der Waals surface area (Å²) in [6, 6.07) is 11.9. The van der Waals surface area contributed by atoms with Gasteiger partial charge in [-0.3, -0.25) is 0 Å². The number of nitrogen functional groups attached to an aromatic ring is 1. The number of anilines is 1. The highest BCUT2D eigenvalue weighted by Crippen LogP contribution is 2.32. The third kappa shape index (κ3) is 1.85. The summed E-state index contributed by atoms with van der Waals surface area (Å²) in [5.74, 6) is 0.996. The lowest BCUT2D eigenvalue weighted by Crippen LogP contribution is -1.87. The van der Waals surface area contributed by atoms with Gasteiger partial charge < -0.3 is 10.5 Å². The Morgan fingerprint density at radius 3 is 2.65 bits per heavy atom. The molecule has 0 aromatic heterocycles. The van der Waals surface area contributed by atoms with Crippen molar-refractivity contribution in [3.8, 4) is 16.9 Å². The molecule has 0 amide bonds. The molecule has 0 fully saturated rings. The van der Waals surface area contributed by atoms with Crippen LogP contribution in [0.3, 0.4) is 0 Å². The standard InChI is InChI=1S/C14H12ClNO/c15-12-8-10(1-3-13(12)16)9-2-4-14-11(7-9)5-6-17-14/h1-4,7-8H,5-6,16H2. The second-order valence-corrected chi connectivity index (χ2v) is 4.56. The van der Waals surface area contributed by atoms with Crippen LogP contribution in [0.5, 0.6) is 5.75 Å². The Balaban J connectivity index is 2.06. The molecule has 0 atom stereocenters. The van der Waals surface area contributed by atoms with Crippen molar-refractivity contribution in [2.45, 2.75) is 6.42 Å². The zero-order chi connectivity index (χ0) is 11.8. The molecule has 3 rings (SSSR count). The van der Waals surface area contributed by atoms with E-state index >= 15 is 0 Å². The summed E-state index contributed by atoms with van der Waals surface area (Å²) in [5, 5.41) is 0.597. The molecular weight excluding hydrogens is 234 g/mol. The molecule has 17 heavy (non-hydrogen) atoms. The molecule has 0 radical (unpaired) electrons. The first kappa shape index (κ1) is 10.5. The number of nitrogens with two attached hydrogens (primary N) is 1. The lowest BCUT2D eigenvalue weighted by molar-refractivity contribution is 0.357. The van der Waals surface area contributed by atoms with E-state index in [1.807, 2.05) is 30.3 Å². The average molecular weight is 246 g/mol. The van der Waals surface area contributed by atoms with Gasteiger partial charge in [-0.05, 0) is 41.0 Å². The lowest BCUT2D eigenvalue weighted by atomic mass is 10.0. The van der Waals surface area contributed by atoms with E-state index in [2.05, 4.69) is 6.07 Å². The Morgan fingerprint density at radius 2 is 1.82 bits per heavy atom. The molecule has 86 valence electrons. The monoisotopic (exact) mass is 245 g/mol. The first-order valence-electron chi connectivity index (χ1n) is 5.55. The van der Waals surface area contributed by atoms with Crippen LogP contribution in [0.1, 0.15) is 5.56 Å². The number of fused-ring (bicyclic) bond motifs is 1. The predicted molar refractivity (Wildman–Crippen MR) is 70.5 cm³/mol. The van der Waals surface area contributed by atoms with Crippen LogP contribution in [0, 0.1) is 0 Å². The minimum absolute atomic E-state index is 0.597. The third-order valence-electron chi connectivity index (χ3n) is 3.02. The van der Waals surface area contributed by atoms with Gasteiger partial charge in [0, 0.05) is 6.42 Å². The van der Waals surface area contributed by atoms with Crippen molar-refractivity contribution in [2.24, 2.45) is 0 Å². The van der Waals surface area contributed by atoms with Gasteiger partial charge in [0.05, 0.1) is 17.3 Å². The van der Waals surface area contributed by atoms with Crippen LogP contribution < -0.4 is 10.5 Å². The van der Waals surface area contributed by atoms with E-state index in [-0.39, 0.29) is 0 Å². The second-order valence-electron chi connectivity index (χ2n) is 4.16. The van der Waals surface area contributed by atoms with E-state index in [0.717, 1.165) is 29.9 Å². The number of benzene rings is 2. The molecule has 2 nitrogen and oxygen atoms in total. The molecule has 2 aromatic rings. The van der Waals surface area contributed by atoms with Crippen molar-refractivity contribution in [1.82, 2.24) is 0 Å². The first-order chi connectivity index (χ1) is 8.24. The fourth-order valence-electron chi connectivity index (χ4n) is 2.07. The maximum atomic E-state index is 6.03. The highest BCUT2D eigenvalue weighted by Gasteiger charge is 2.12. The van der Waals surface area contributed by atoms with Crippen LogP contribution in [0.25, 0.3) is 11.1 Å². The maximum absolute atomic E-state index is 6.03.